The summed E-state index contributed by atoms with van der Waals surface area (Å²) in [5.74, 6) is 0.886. The van der Waals surface area contributed by atoms with Gasteiger partial charge < -0.3 is 4.90 Å². The second kappa shape index (κ2) is 8.19. The van der Waals surface area contributed by atoms with Crippen LogP contribution in [0.5, 0.6) is 0 Å². The molecule has 22 heavy (non-hydrogen) atoms. The van der Waals surface area contributed by atoms with Crippen molar-refractivity contribution >= 4 is 28.8 Å². The monoisotopic (exact) mass is 337 g/mol. The van der Waals surface area contributed by atoms with Crippen LogP contribution in [0.15, 0.2) is 24.3 Å². The van der Waals surface area contributed by atoms with Gasteiger partial charge in [-0.2, -0.15) is 0 Å². The first-order valence-electron chi connectivity index (χ1n) is 7.34. The topological polar surface area (TPSA) is 46.8 Å². The molecule has 0 unspecified atom stereocenters. The third-order valence-electron chi connectivity index (χ3n) is 3.55. The van der Waals surface area contributed by atoms with E-state index in [9.17, 15) is 0 Å². The van der Waals surface area contributed by atoms with E-state index in [4.69, 9.17) is 23.8 Å². The summed E-state index contributed by atoms with van der Waals surface area (Å²) in [4.78, 5) is 3.14. The van der Waals surface area contributed by atoms with E-state index in [1.165, 1.54) is 0 Å². The second-order valence-corrected chi connectivity index (χ2v) is 5.95. The van der Waals surface area contributed by atoms with Crippen molar-refractivity contribution in [2.45, 2.75) is 32.7 Å². The molecule has 0 aliphatic heterocycles. The summed E-state index contributed by atoms with van der Waals surface area (Å²) in [6, 6.07) is 7.89. The summed E-state index contributed by atoms with van der Waals surface area (Å²) in [7, 11) is 1.85. The maximum absolute atomic E-state index is 6.22. The fraction of sp³-hybridized carbons (Fsp3) is 0.467. The maximum Gasteiger partial charge on any atom is 0.150 e. The van der Waals surface area contributed by atoms with Gasteiger partial charge in [-0.05, 0) is 41.8 Å². The summed E-state index contributed by atoms with van der Waals surface area (Å²) in [5, 5.41) is 12.2. The van der Waals surface area contributed by atoms with E-state index in [0.717, 1.165) is 53.8 Å². The van der Waals surface area contributed by atoms with Gasteiger partial charge in [-0.25, -0.2) is 4.68 Å². The normalized spacial score (nSPS) is 10.7. The van der Waals surface area contributed by atoms with Crippen molar-refractivity contribution in [2.24, 2.45) is 7.05 Å². The van der Waals surface area contributed by atoms with Gasteiger partial charge in [0.25, 0.3) is 0 Å². The minimum atomic E-state index is 0.751. The van der Waals surface area contributed by atoms with Gasteiger partial charge in [0.2, 0.25) is 0 Å². The van der Waals surface area contributed by atoms with Gasteiger partial charge in [-0.3, -0.25) is 0 Å². The molecule has 0 N–H and O–H groups in total. The van der Waals surface area contributed by atoms with E-state index in [-0.39, 0.29) is 0 Å². The number of tetrazole rings is 1. The van der Waals surface area contributed by atoms with Crippen LogP contribution in [-0.4, -0.2) is 36.6 Å². The highest BCUT2D eigenvalue weighted by Gasteiger charge is 2.11. The van der Waals surface area contributed by atoms with E-state index < -0.39 is 0 Å². The zero-order valence-corrected chi connectivity index (χ0v) is 14.4. The summed E-state index contributed by atoms with van der Waals surface area (Å²) >= 11 is 11.8. The van der Waals surface area contributed by atoms with Gasteiger partial charge in [0.05, 0.1) is 4.99 Å². The van der Waals surface area contributed by atoms with Crippen LogP contribution in [0.2, 0.25) is 5.02 Å². The van der Waals surface area contributed by atoms with Crippen LogP contribution in [0.25, 0.3) is 0 Å². The minimum Gasteiger partial charge on any atom is -0.362 e. The van der Waals surface area contributed by atoms with Crippen LogP contribution in [0.4, 0.5) is 0 Å². The van der Waals surface area contributed by atoms with Crippen molar-refractivity contribution in [3.63, 3.8) is 0 Å². The first-order chi connectivity index (χ1) is 10.6. The van der Waals surface area contributed by atoms with Gasteiger partial charge in [-0.15, -0.1) is 5.10 Å². The van der Waals surface area contributed by atoms with Gasteiger partial charge in [0.1, 0.15) is 0 Å². The molecule has 0 saturated heterocycles. The number of aromatic nitrogens is 4. The lowest BCUT2D eigenvalue weighted by molar-refractivity contribution is 0.432. The number of halogens is 1. The summed E-state index contributed by atoms with van der Waals surface area (Å²) in [6.07, 6.45) is 2.61. The highest BCUT2D eigenvalue weighted by atomic mass is 35.5. The lowest BCUT2D eigenvalue weighted by Crippen LogP contribution is -2.29. The molecule has 1 aromatic carbocycles. The predicted octanol–water partition coefficient (Wildman–Crippen LogP) is 3.04. The zero-order chi connectivity index (χ0) is 15.9. The number of nitrogens with zero attached hydrogens (tertiary/aromatic N) is 5. The van der Waals surface area contributed by atoms with E-state index in [0.29, 0.717) is 0 Å². The first-order valence-corrected chi connectivity index (χ1v) is 8.12. The Kier molecular flexibility index (Phi) is 6.27. The fourth-order valence-corrected chi connectivity index (χ4v) is 2.76. The van der Waals surface area contributed by atoms with Crippen molar-refractivity contribution in [3.8, 4) is 0 Å². The van der Waals surface area contributed by atoms with Gasteiger partial charge in [-0.1, -0.05) is 42.0 Å². The average molecular weight is 338 g/mol. The van der Waals surface area contributed by atoms with Crippen LogP contribution in [0.1, 0.15) is 31.2 Å². The molecule has 0 saturated carbocycles. The molecule has 0 aliphatic rings. The molecule has 1 heterocycles. The van der Waals surface area contributed by atoms with E-state index >= 15 is 0 Å². The van der Waals surface area contributed by atoms with Crippen LogP contribution in [-0.2, 0) is 20.0 Å². The zero-order valence-electron chi connectivity index (χ0n) is 12.9. The van der Waals surface area contributed by atoms with E-state index in [1.54, 1.807) is 4.68 Å². The van der Waals surface area contributed by atoms with Crippen molar-refractivity contribution in [1.29, 1.82) is 0 Å². The van der Waals surface area contributed by atoms with Gasteiger partial charge in [0.15, 0.2) is 5.82 Å². The number of hydrogen-bond acceptors (Lipinski definition) is 4. The highest BCUT2D eigenvalue weighted by Crippen LogP contribution is 2.18. The standard InChI is InChI=1S/C15H20ClN5S/c1-3-21(11-12-7-4-5-8-13(12)16)15(22)10-6-9-14-17-18-19-20(14)2/h4-5,7-8H,3,6,9-11H2,1-2H3. The summed E-state index contributed by atoms with van der Waals surface area (Å²) in [6.45, 7) is 3.73. The predicted molar refractivity (Wildman–Crippen MR) is 91.9 cm³/mol. The maximum atomic E-state index is 6.22. The van der Waals surface area contributed by atoms with Crippen molar-refractivity contribution in [1.82, 2.24) is 25.1 Å². The Bertz CT molecular complexity index is 628. The molecule has 0 radical (unpaired) electrons. The lowest BCUT2D eigenvalue weighted by atomic mass is 10.2. The number of benzene rings is 1. The van der Waals surface area contributed by atoms with Crippen LogP contribution in [0, 0.1) is 0 Å². The minimum absolute atomic E-state index is 0.751. The fourth-order valence-electron chi connectivity index (χ4n) is 2.22. The Morgan fingerprint density at radius 1 is 1.36 bits per heavy atom. The van der Waals surface area contributed by atoms with Crippen LogP contribution in [0.3, 0.4) is 0 Å². The lowest BCUT2D eigenvalue weighted by Gasteiger charge is -2.24. The Balaban J connectivity index is 1.86. The van der Waals surface area contributed by atoms with Gasteiger partial charge in [0, 0.05) is 31.6 Å². The van der Waals surface area contributed by atoms with Crippen molar-refractivity contribution < 1.29 is 0 Å². The quantitative estimate of drug-likeness (QED) is 0.727. The van der Waals surface area contributed by atoms with E-state index in [1.807, 2.05) is 31.3 Å². The molecule has 0 aliphatic carbocycles. The molecule has 1 aromatic heterocycles. The second-order valence-electron chi connectivity index (χ2n) is 5.07. The smallest absolute Gasteiger partial charge is 0.150 e. The number of rotatable bonds is 7. The van der Waals surface area contributed by atoms with Crippen LogP contribution < -0.4 is 0 Å². The molecule has 2 rings (SSSR count). The molecule has 0 amide bonds. The SMILES string of the molecule is CCN(Cc1ccccc1Cl)C(=S)CCCc1nnnn1C. The van der Waals surface area contributed by atoms with Gasteiger partial charge >= 0.3 is 0 Å². The molecular weight excluding hydrogens is 318 g/mol. The molecule has 7 heteroatoms. The summed E-state index contributed by atoms with van der Waals surface area (Å²) < 4.78 is 1.70. The molecule has 0 atom stereocenters. The summed E-state index contributed by atoms with van der Waals surface area (Å²) in [5.41, 5.74) is 1.10. The Hall–Kier alpha value is -1.53. The third-order valence-corrected chi connectivity index (χ3v) is 4.38. The Labute approximate surface area is 141 Å². The van der Waals surface area contributed by atoms with E-state index in [2.05, 4.69) is 27.3 Å². The molecule has 118 valence electrons. The third kappa shape index (κ3) is 4.48. The first kappa shape index (κ1) is 16.8. The molecule has 0 spiro atoms. The number of aryl methyl sites for hydroxylation is 2. The molecule has 0 fully saturated rings. The average Bonchev–Trinajstić information content (AvgIpc) is 2.91. The largest absolute Gasteiger partial charge is 0.362 e. The molecule has 2 aromatic rings. The molecule has 5 nitrogen and oxygen atoms in total. The number of hydrogen-bond donors (Lipinski definition) is 0. The molecule has 0 bridgehead atoms. The Morgan fingerprint density at radius 3 is 2.77 bits per heavy atom. The highest BCUT2D eigenvalue weighted by molar-refractivity contribution is 7.80. The van der Waals surface area contributed by atoms with Crippen LogP contribution >= 0.6 is 23.8 Å². The molecular formula is C15H20ClN5S. The number of thiocarbonyl (C=S) groups is 1. The van der Waals surface area contributed by atoms with Crippen molar-refractivity contribution in [3.05, 3.63) is 40.7 Å². The Morgan fingerprint density at radius 2 is 2.14 bits per heavy atom. The van der Waals surface area contributed by atoms with Crippen molar-refractivity contribution in [2.75, 3.05) is 6.54 Å².